The second-order valence-electron chi connectivity index (χ2n) is 9.90. The molecule has 1 heterocycles. The Morgan fingerprint density at radius 1 is 1.00 bits per heavy atom. The van der Waals surface area contributed by atoms with E-state index < -0.39 is 33.5 Å². The molecule has 1 aliphatic heterocycles. The standard InChI is InChI=1S/C25H30F3N3O5S/c1-16-14-19(29-22(32)17-10-12-31(13-11-17)23(33)36-24(2,3)4)8-9-21(16)37(34,35)30-20-7-5-6-18(15-20)25(26,27)28/h5-9,14-15,17,30H,10-13H2,1-4H3,(H,29,32). The summed E-state index contributed by atoms with van der Waals surface area (Å²) in [6.45, 7) is 7.63. The zero-order valence-electron chi connectivity index (χ0n) is 21.0. The van der Waals surface area contributed by atoms with Gasteiger partial charge in [-0.15, -0.1) is 0 Å². The normalized spacial score (nSPS) is 15.3. The van der Waals surface area contributed by atoms with Crippen LogP contribution in [0, 0.1) is 12.8 Å². The topological polar surface area (TPSA) is 105 Å². The van der Waals surface area contributed by atoms with Crippen LogP contribution < -0.4 is 10.0 Å². The van der Waals surface area contributed by atoms with Crippen LogP contribution in [0.5, 0.6) is 0 Å². The summed E-state index contributed by atoms with van der Waals surface area (Å²) in [5, 5.41) is 2.77. The number of piperidine rings is 1. The lowest BCUT2D eigenvalue weighted by molar-refractivity contribution is -0.137. The first-order valence-corrected chi connectivity index (χ1v) is 13.1. The molecular weight excluding hydrogens is 511 g/mol. The van der Waals surface area contributed by atoms with E-state index >= 15 is 0 Å². The van der Waals surface area contributed by atoms with Gasteiger partial charge in [-0.25, -0.2) is 13.2 Å². The molecule has 12 heteroatoms. The van der Waals surface area contributed by atoms with Gasteiger partial charge >= 0.3 is 12.3 Å². The van der Waals surface area contributed by atoms with Crippen LogP contribution >= 0.6 is 0 Å². The van der Waals surface area contributed by atoms with Crippen molar-refractivity contribution in [2.75, 3.05) is 23.1 Å². The van der Waals surface area contributed by atoms with Crippen molar-refractivity contribution in [2.45, 2.75) is 57.2 Å². The van der Waals surface area contributed by atoms with Gasteiger partial charge in [-0.05, 0) is 82.5 Å². The number of amides is 2. The molecule has 0 aliphatic carbocycles. The van der Waals surface area contributed by atoms with E-state index in [1.165, 1.54) is 31.2 Å². The van der Waals surface area contributed by atoms with Crippen LogP contribution in [0.2, 0.25) is 0 Å². The van der Waals surface area contributed by atoms with E-state index in [0.29, 0.717) is 37.2 Å². The third-order valence-electron chi connectivity index (χ3n) is 5.69. The summed E-state index contributed by atoms with van der Waals surface area (Å²) in [7, 11) is -4.18. The van der Waals surface area contributed by atoms with Gasteiger partial charge in [-0.2, -0.15) is 13.2 Å². The summed E-state index contributed by atoms with van der Waals surface area (Å²) >= 11 is 0. The molecule has 8 nitrogen and oxygen atoms in total. The Morgan fingerprint density at radius 3 is 2.22 bits per heavy atom. The maximum atomic E-state index is 12.9. The molecule has 2 amide bonds. The van der Waals surface area contributed by atoms with Crippen molar-refractivity contribution in [1.29, 1.82) is 0 Å². The summed E-state index contributed by atoms with van der Waals surface area (Å²) in [5.41, 5.74) is -1.11. The molecule has 2 N–H and O–H groups in total. The predicted molar refractivity (Wildman–Crippen MR) is 133 cm³/mol. The van der Waals surface area contributed by atoms with Crippen molar-refractivity contribution in [3.05, 3.63) is 53.6 Å². The molecule has 2 aromatic rings. The van der Waals surface area contributed by atoms with Gasteiger partial charge in [0.25, 0.3) is 10.0 Å². The quantitative estimate of drug-likeness (QED) is 0.528. The van der Waals surface area contributed by atoms with Crippen LogP contribution in [0.15, 0.2) is 47.4 Å². The molecule has 2 aromatic carbocycles. The van der Waals surface area contributed by atoms with Crippen LogP contribution in [0.4, 0.5) is 29.3 Å². The molecule has 3 rings (SSSR count). The van der Waals surface area contributed by atoms with Crippen LogP contribution in [-0.2, 0) is 25.7 Å². The van der Waals surface area contributed by atoms with Gasteiger partial charge < -0.3 is 15.0 Å². The van der Waals surface area contributed by atoms with Crippen LogP contribution in [0.25, 0.3) is 0 Å². The molecule has 0 spiro atoms. The molecule has 0 unspecified atom stereocenters. The SMILES string of the molecule is Cc1cc(NC(=O)C2CCN(C(=O)OC(C)(C)C)CC2)ccc1S(=O)(=O)Nc1cccc(C(F)(F)F)c1. The second kappa shape index (κ2) is 10.6. The molecule has 37 heavy (non-hydrogen) atoms. The number of aryl methyl sites for hydroxylation is 1. The predicted octanol–water partition coefficient (Wildman–Crippen LogP) is 5.40. The third-order valence-corrected chi connectivity index (χ3v) is 7.23. The van der Waals surface area contributed by atoms with E-state index in [1.54, 1.807) is 25.7 Å². The van der Waals surface area contributed by atoms with E-state index in [4.69, 9.17) is 4.74 Å². The first kappa shape index (κ1) is 28.3. The molecule has 1 saturated heterocycles. The number of benzene rings is 2. The smallest absolute Gasteiger partial charge is 0.416 e. The highest BCUT2D eigenvalue weighted by molar-refractivity contribution is 7.92. The van der Waals surface area contributed by atoms with E-state index in [9.17, 15) is 31.2 Å². The van der Waals surface area contributed by atoms with Crippen molar-refractivity contribution < 1.29 is 35.9 Å². The zero-order chi connectivity index (χ0) is 27.6. The first-order valence-electron chi connectivity index (χ1n) is 11.6. The molecule has 0 aromatic heterocycles. The fourth-order valence-electron chi connectivity index (χ4n) is 3.89. The highest BCUT2D eigenvalue weighted by Gasteiger charge is 2.32. The lowest BCUT2D eigenvalue weighted by atomic mass is 9.96. The van der Waals surface area contributed by atoms with E-state index in [2.05, 4.69) is 10.0 Å². The lowest BCUT2D eigenvalue weighted by Gasteiger charge is -2.32. The number of alkyl halides is 3. The summed E-state index contributed by atoms with van der Waals surface area (Å²) in [6, 6.07) is 8.09. The number of hydrogen-bond donors (Lipinski definition) is 2. The summed E-state index contributed by atoms with van der Waals surface area (Å²) in [6.07, 6.45) is -4.11. The van der Waals surface area contributed by atoms with Gasteiger partial charge in [0.2, 0.25) is 5.91 Å². The Bertz CT molecular complexity index is 1270. The van der Waals surface area contributed by atoms with Crippen molar-refractivity contribution >= 4 is 33.4 Å². The Labute approximate surface area is 214 Å². The molecule has 1 fully saturated rings. The molecule has 1 aliphatic rings. The minimum atomic E-state index is -4.61. The number of carbonyl (C=O) groups excluding carboxylic acids is 2. The van der Waals surface area contributed by atoms with E-state index in [-0.39, 0.29) is 22.4 Å². The number of nitrogens with one attached hydrogen (secondary N) is 2. The maximum absolute atomic E-state index is 12.9. The van der Waals surface area contributed by atoms with Crippen molar-refractivity contribution in [3.63, 3.8) is 0 Å². The lowest BCUT2D eigenvalue weighted by Crippen LogP contribution is -2.43. The van der Waals surface area contributed by atoms with Crippen molar-refractivity contribution in [3.8, 4) is 0 Å². The number of ether oxygens (including phenoxy) is 1. The van der Waals surface area contributed by atoms with Gasteiger partial charge in [0.05, 0.1) is 10.5 Å². The second-order valence-corrected chi connectivity index (χ2v) is 11.5. The Balaban J connectivity index is 1.63. The minimum Gasteiger partial charge on any atom is -0.444 e. The van der Waals surface area contributed by atoms with Gasteiger partial charge in [0.1, 0.15) is 5.60 Å². The molecule has 0 bridgehead atoms. The molecule has 202 valence electrons. The molecule has 0 atom stereocenters. The monoisotopic (exact) mass is 541 g/mol. The fraction of sp³-hybridized carbons (Fsp3) is 0.440. The van der Waals surface area contributed by atoms with Gasteiger partial charge in [-0.3, -0.25) is 9.52 Å². The number of anilines is 2. The largest absolute Gasteiger partial charge is 0.444 e. The van der Waals surface area contributed by atoms with Crippen LogP contribution in [0.1, 0.15) is 44.7 Å². The number of hydrogen-bond acceptors (Lipinski definition) is 5. The Morgan fingerprint density at radius 2 is 1.65 bits per heavy atom. The van der Waals surface area contributed by atoms with E-state index in [0.717, 1.165) is 18.2 Å². The average molecular weight is 542 g/mol. The van der Waals surface area contributed by atoms with Gasteiger partial charge in [0, 0.05) is 30.4 Å². The molecule has 0 saturated carbocycles. The Kier molecular flexibility index (Phi) is 8.11. The first-order chi connectivity index (χ1) is 17.0. The summed E-state index contributed by atoms with van der Waals surface area (Å²) in [4.78, 5) is 26.4. The molecule has 0 radical (unpaired) electrons. The van der Waals surface area contributed by atoms with Gasteiger partial charge in [-0.1, -0.05) is 6.07 Å². The number of rotatable bonds is 5. The summed E-state index contributed by atoms with van der Waals surface area (Å²) < 4.78 is 72.0. The number of sulfonamides is 1. The van der Waals surface area contributed by atoms with E-state index in [1.807, 2.05) is 0 Å². The van der Waals surface area contributed by atoms with Crippen LogP contribution in [0.3, 0.4) is 0 Å². The average Bonchev–Trinajstić information content (AvgIpc) is 2.77. The third kappa shape index (κ3) is 7.61. The number of nitrogens with zero attached hydrogens (tertiary/aromatic N) is 1. The number of halogens is 3. The molecular formula is C25H30F3N3O5S. The van der Waals surface area contributed by atoms with Gasteiger partial charge in [0.15, 0.2) is 0 Å². The number of carbonyl (C=O) groups is 2. The zero-order valence-corrected chi connectivity index (χ0v) is 21.8. The van der Waals surface area contributed by atoms with Crippen LogP contribution in [-0.4, -0.2) is 44.0 Å². The van der Waals surface area contributed by atoms with Crippen molar-refractivity contribution in [2.24, 2.45) is 5.92 Å². The maximum Gasteiger partial charge on any atom is 0.416 e. The minimum absolute atomic E-state index is 0.131. The Hall–Kier alpha value is -3.28. The highest BCUT2D eigenvalue weighted by atomic mass is 32.2. The van der Waals surface area contributed by atoms with Crippen molar-refractivity contribution in [1.82, 2.24) is 4.90 Å². The fourth-order valence-corrected chi connectivity index (χ4v) is 5.17. The highest BCUT2D eigenvalue weighted by Crippen LogP contribution is 2.31. The number of likely N-dealkylation sites (tertiary alicyclic amines) is 1. The summed E-state index contributed by atoms with van der Waals surface area (Å²) in [5.74, 6) is -0.578.